The third kappa shape index (κ3) is 7.65. The lowest BCUT2D eigenvalue weighted by atomic mass is 9.93. The van der Waals surface area contributed by atoms with Gasteiger partial charge in [-0.15, -0.1) is 0 Å². The predicted molar refractivity (Wildman–Crippen MR) is 303 cm³/mol. The van der Waals surface area contributed by atoms with Gasteiger partial charge in [-0.1, -0.05) is 147 Å². The van der Waals surface area contributed by atoms with Crippen molar-refractivity contribution in [2.45, 2.75) is 26.2 Å². The number of unbranched alkanes of at least 4 members (excludes halogenated alkanes) is 1. The van der Waals surface area contributed by atoms with Crippen molar-refractivity contribution in [3.05, 3.63) is 260 Å². The number of anilines is 3. The molecule has 0 saturated carbocycles. The van der Waals surface area contributed by atoms with E-state index in [0.717, 1.165) is 81.2 Å². The molecule has 0 aliphatic heterocycles. The van der Waals surface area contributed by atoms with Crippen molar-refractivity contribution in [3.63, 3.8) is 0 Å². The van der Waals surface area contributed by atoms with E-state index in [0.29, 0.717) is 0 Å². The molecule has 0 amide bonds. The van der Waals surface area contributed by atoms with Gasteiger partial charge in [0.25, 0.3) is 0 Å². The van der Waals surface area contributed by atoms with Crippen molar-refractivity contribution in [2.24, 2.45) is 0 Å². The van der Waals surface area contributed by atoms with Crippen molar-refractivity contribution >= 4 is 71.4 Å². The molecular weight excluding hydrogens is 875 g/mol. The number of rotatable bonds is 12. The molecule has 0 unspecified atom stereocenters. The zero-order valence-corrected chi connectivity index (χ0v) is 40.1. The minimum atomic E-state index is 0.788. The Morgan fingerprint density at radius 2 is 0.931 bits per heavy atom. The zero-order chi connectivity index (χ0) is 48.0. The number of nitrogens with zero attached hydrogens (tertiary/aromatic N) is 3. The lowest BCUT2D eigenvalue weighted by molar-refractivity contribution is 0.483. The summed E-state index contributed by atoms with van der Waals surface area (Å²) in [5.41, 5.74) is 16.3. The van der Waals surface area contributed by atoms with E-state index in [9.17, 15) is 0 Å². The fourth-order valence-corrected chi connectivity index (χ4v) is 10.9. The summed E-state index contributed by atoms with van der Waals surface area (Å²) in [6.45, 7) is 2.27. The number of para-hydroxylation sites is 5. The Bertz CT molecular complexity index is 4040. The summed E-state index contributed by atoms with van der Waals surface area (Å²) >= 11 is 0. The van der Waals surface area contributed by atoms with Gasteiger partial charge in [0.15, 0.2) is 0 Å². The van der Waals surface area contributed by atoms with Crippen LogP contribution in [0.2, 0.25) is 0 Å². The second-order valence-electron chi connectivity index (χ2n) is 18.7. The smallest absolute Gasteiger partial charge is 0.129 e. The fourth-order valence-electron chi connectivity index (χ4n) is 10.9. The van der Waals surface area contributed by atoms with Gasteiger partial charge >= 0.3 is 0 Å². The molecule has 2 aromatic heterocycles. The molecule has 13 rings (SSSR count). The van der Waals surface area contributed by atoms with E-state index in [-0.39, 0.29) is 0 Å². The highest BCUT2D eigenvalue weighted by atomic mass is 16.5. The van der Waals surface area contributed by atoms with Gasteiger partial charge in [0.05, 0.1) is 27.8 Å². The van der Waals surface area contributed by atoms with E-state index in [2.05, 4.69) is 245 Å². The molecule has 0 bridgehead atoms. The molecule has 344 valence electrons. The van der Waals surface area contributed by atoms with Crippen LogP contribution in [-0.4, -0.2) is 9.13 Å². The Morgan fingerprint density at radius 1 is 0.375 bits per heavy atom. The van der Waals surface area contributed by atoms with Gasteiger partial charge in [-0.05, 0) is 161 Å². The molecule has 11 aromatic carbocycles. The van der Waals surface area contributed by atoms with E-state index < -0.39 is 0 Å². The number of benzene rings is 11. The highest BCUT2D eigenvalue weighted by Crippen LogP contribution is 2.45. The second kappa shape index (κ2) is 18.3. The van der Waals surface area contributed by atoms with Crippen LogP contribution >= 0.6 is 0 Å². The average Bonchev–Trinajstić information content (AvgIpc) is 3.95. The number of aromatic nitrogens is 2. The Balaban J connectivity index is 0.970. The summed E-state index contributed by atoms with van der Waals surface area (Å²) in [6.07, 6.45) is 3.35. The topological polar surface area (TPSA) is 22.3 Å². The standard InChI is InChI=1S/C68H51N3O/c1-2-3-19-47-20-18-21-51-44-67(69(52-22-8-4-9-23-52)53-24-10-5-11-25-53)61(46-60(47)51)48-32-36-55(37-33-48)71-66-41-35-50(43-63(66)59-39-38-57(45-68(59)71)72-56-28-14-7-15-29-56)49-34-40-65-62(42-49)58-30-16-17-31-64(58)70(65)54-26-12-6-13-27-54/h4-18,20-46H,2-3,19H2,1H3. The number of hydrogen-bond acceptors (Lipinski definition) is 2. The van der Waals surface area contributed by atoms with Crippen molar-refractivity contribution in [2.75, 3.05) is 4.90 Å². The summed E-state index contributed by atoms with van der Waals surface area (Å²) in [6, 6.07) is 92.1. The van der Waals surface area contributed by atoms with E-state index in [1.54, 1.807) is 0 Å². The van der Waals surface area contributed by atoms with Gasteiger partial charge in [0.1, 0.15) is 11.5 Å². The average molecular weight is 926 g/mol. The largest absolute Gasteiger partial charge is 0.457 e. The lowest BCUT2D eigenvalue weighted by Crippen LogP contribution is -2.11. The molecule has 13 aromatic rings. The van der Waals surface area contributed by atoms with Crippen LogP contribution in [0.4, 0.5) is 17.1 Å². The Morgan fingerprint density at radius 3 is 1.60 bits per heavy atom. The molecule has 0 radical (unpaired) electrons. The molecule has 2 heterocycles. The van der Waals surface area contributed by atoms with Crippen molar-refractivity contribution < 1.29 is 4.74 Å². The van der Waals surface area contributed by atoms with Crippen LogP contribution in [-0.2, 0) is 6.42 Å². The van der Waals surface area contributed by atoms with E-state index >= 15 is 0 Å². The monoisotopic (exact) mass is 925 g/mol. The van der Waals surface area contributed by atoms with Crippen LogP contribution in [0.5, 0.6) is 11.5 Å². The number of aryl methyl sites for hydroxylation is 1. The zero-order valence-electron chi connectivity index (χ0n) is 40.1. The first-order chi connectivity index (χ1) is 35.7. The van der Waals surface area contributed by atoms with Crippen molar-refractivity contribution in [1.82, 2.24) is 9.13 Å². The molecule has 0 saturated heterocycles. The molecule has 0 N–H and O–H groups in total. The molecule has 0 aliphatic rings. The maximum absolute atomic E-state index is 6.51. The minimum absolute atomic E-state index is 0.788. The van der Waals surface area contributed by atoms with Crippen LogP contribution in [0.1, 0.15) is 25.3 Å². The summed E-state index contributed by atoms with van der Waals surface area (Å²) in [7, 11) is 0. The molecule has 0 atom stereocenters. The molecule has 4 heteroatoms. The van der Waals surface area contributed by atoms with Gasteiger partial charge < -0.3 is 18.8 Å². The maximum atomic E-state index is 6.51. The molecule has 4 nitrogen and oxygen atoms in total. The quantitative estimate of drug-likeness (QED) is 0.122. The Hall–Kier alpha value is -9.12. The molecule has 0 aliphatic carbocycles. The first-order valence-electron chi connectivity index (χ1n) is 25.1. The van der Waals surface area contributed by atoms with Crippen molar-refractivity contribution in [3.8, 4) is 45.1 Å². The minimum Gasteiger partial charge on any atom is -0.457 e. The Kier molecular flexibility index (Phi) is 10.9. The molecule has 72 heavy (non-hydrogen) atoms. The van der Waals surface area contributed by atoms with Crippen LogP contribution < -0.4 is 9.64 Å². The SMILES string of the molecule is CCCCc1cccc2cc(N(c3ccccc3)c3ccccc3)c(-c3ccc(-n4c5ccc(-c6ccc7c(c6)c6ccccc6n7-c6ccccc6)cc5c5ccc(Oc6ccccc6)cc54)cc3)cc12. The van der Waals surface area contributed by atoms with E-state index in [1.165, 1.54) is 60.2 Å². The third-order valence-corrected chi connectivity index (χ3v) is 14.3. The van der Waals surface area contributed by atoms with Crippen LogP contribution in [0.15, 0.2) is 255 Å². The predicted octanol–water partition coefficient (Wildman–Crippen LogP) is 19.0. The summed E-state index contributed by atoms with van der Waals surface area (Å²) in [5.74, 6) is 1.59. The normalized spacial score (nSPS) is 11.6. The first-order valence-corrected chi connectivity index (χ1v) is 25.1. The van der Waals surface area contributed by atoms with Gasteiger partial charge in [-0.2, -0.15) is 0 Å². The van der Waals surface area contributed by atoms with E-state index in [4.69, 9.17) is 4.74 Å². The summed E-state index contributed by atoms with van der Waals surface area (Å²) < 4.78 is 11.3. The van der Waals surface area contributed by atoms with Crippen molar-refractivity contribution in [1.29, 1.82) is 0 Å². The highest BCUT2D eigenvalue weighted by molar-refractivity contribution is 6.13. The van der Waals surface area contributed by atoms with Gasteiger partial charge in [0.2, 0.25) is 0 Å². The number of hydrogen-bond donors (Lipinski definition) is 0. The molecule has 0 fully saturated rings. The van der Waals surface area contributed by atoms with Gasteiger partial charge in [0, 0.05) is 55.9 Å². The fraction of sp³-hybridized carbons (Fsp3) is 0.0588. The molecular formula is C68H51N3O. The van der Waals surface area contributed by atoms with Crippen LogP contribution in [0, 0.1) is 0 Å². The Labute approximate surface area is 419 Å². The second-order valence-corrected chi connectivity index (χ2v) is 18.7. The third-order valence-electron chi connectivity index (χ3n) is 14.3. The van der Waals surface area contributed by atoms with Gasteiger partial charge in [-0.25, -0.2) is 0 Å². The van der Waals surface area contributed by atoms with Crippen LogP contribution in [0.25, 0.3) is 88.0 Å². The van der Waals surface area contributed by atoms with E-state index in [1.807, 2.05) is 30.3 Å². The maximum Gasteiger partial charge on any atom is 0.129 e. The van der Waals surface area contributed by atoms with Crippen LogP contribution in [0.3, 0.4) is 0 Å². The lowest BCUT2D eigenvalue weighted by Gasteiger charge is -2.28. The summed E-state index contributed by atoms with van der Waals surface area (Å²) in [4.78, 5) is 2.40. The highest BCUT2D eigenvalue weighted by Gasteiger charge is 2.21. The number of ether oxygens (including phenoxy) is 1. The number of fused-ring (bicyclic) bond motifs is 7. The summed E-state index contributed by atoms with van der Waals surface area (Å²) in [5, 5.41) is 7.37. The molecule has 0 spiro atoms. The van der Waals surface area contributed by atoms with Gasteiger partial charge in [-0.3, -0.25) is 0 Å². The first kappa shape index (κ1) is 42.9.